The van der Waals surface area contributed by atoms with E-state index in [2.05, 4.69) is 10.6 Å². The van der Waals surface area contributed by atoms with Gasteiger partial charge in [0.25, 0.3) is 0 Å². The molecule has 2 rings (SSSR count). The summed E-state index contributed by atoms with van der Waals surface area (Å²) in [6.07, 6.45) is 0.203. The Labute approximate surface area is 155 Å². The Morgan fingerprint density at radius 3 is 2.56 bits per heavy atom. The summed E-state index contributed by atoms with van der Waals surface area (Å²) < 4.78 is 0. The van der Waals surface area contributed by atoms with Gasteiger partial charge < -0.3 is 10.6 Å². The first-order valence-corrected chi connectivity index (χ1v) is 8.25. The molecule has 0 radical (unpaired) electrons. The third-order valence-corrected chi connectivity index (χ3v) is 3.96. The Balaban J connectivity index is 1.80. The van der Waals surface area contributed by atoms with Crippen molar-refractivity contribution in [1.29, 1.82) is 5.26 Å². The minimum Gasteiger partial charge on any atom is -0.355 e. The van der Waals surface area contributed by atoms with Gasteiger partial charge in [-0.05, 0) is 36.2 Å². The van der Waals surface area contributed by atoms with Crippen LogP contribution >= 0.6 is 23.2 Å². The summed E-state index contributed by atoms with van der Waals surface area (Å²) in [5, 5.41) is 15.3. The van der Waals surface area contributed by atoms with Crippen molar-refractivity contribution < 1.29 is 9.59 Å². The van der Waals surface area contributed by atoms with Crippen molar-refractivity contribution in [3.8, 4) is 6.07 Å². The first-order chi connectivity index (χ1) is 12.0. The van der Waals surface area contributed by atoms with Crippen LogP contribution < -0.4 is 10.6 Å². The van der Waals surface area contributed by atoms with Crippen LogP contribution in [0.15, 0.2) is 42.5 Å². The molecule has 0 aliphatic heterocycles. The molecule has 2 aromatic rings. The van der Waals surface area contributed by atoms with E-state index < -0.39 is 11.8 Å². The van der Waals surface area contributed by atoms with E-state index in [1.54, 1.807) is 42.5 Å². The standard InChI is InChI=1S/C18H15Cl2N3O2/c19-14-6-5-12(15(20)9-14)7-8-22-17(24)10-18(25)23-16-4-2-1-3-13(16)11-21/h1-6,9H,7-8,10H2,(H,22,24)(H,23,25). The molecule has 0 saturated carbocycles. The van der Waals surface area contributed by atoms with E-state index in [1.807, 2.05) is 6.07 Å². The van der Waals surface area contributed by atoms with Gasteiger partial charge in [-0.3, -0.25) is 9.59 Å². The molecule has 2 N–H and O–H groups in total. The van der Waals surface area contributed by atoms with Crippen molar-refractivity contribution >= 4 is 40.7 Å². The molecule has 0 atom stereocenters. The summed E-state index contributed by atoms with van der Waals surface area (Å²) in [6.45, 7) is 0.349. The molecule has 0 saturated heterocycles. The molecule has 128 valence electrons. The molecule has 0 aliphatic rings. The average Bonchev–Trinajstić information content (AvgIpc) is 2.57. The molecule has 25 heavy (non-hydrogen) atoms. The molecular formula is C18H15Cl2N3O2. The number of hydrogen-bond donors (Lipinski definition) is 2. The topological polar surface area (TPSA) is 82.0 Å². The lowest BCUT2D eigenvalue weighted by atomic mass is 10.1. The van der Waals surface area contributed by atoms with Crippen LogP contribution in [0, 0.1) is 11.3 Å². The van der Waals surface area contributed by atoms with Crippen LogP contribution in [0.5, 0.6) is 0 Å². The molecule has 0 heterocycles. The van der Waals surface area contributed by atoms with Crippen LogP contribution in [0.3, 0.4) is 0 Å². The van der Waals surface area contributed by atoms with Crippen molar-refractivity contribution in [2.75, 3.05) is 11.9 Å². The maximum atomic E-state index is 11.9. The van der Waals surface area contributed by atoms with Crippen LogP contribution in [0.25, 0.3) is 0 Å². The van der Waals surface area contributed by atoms with Gasteiger partial charge in [0.15, 0.2) is 0 Å². The molecule has 2 aromatic carbocycles. The number of hydrogen-bond acceptors (Lipinski definition) is 3. The summed E-state index contributed by atoms with van der Waals surface area (Å²) in [6, 6.07) is 13.7. The maximum Gasteiger partial charge on any atom is 0.233 e. The van der Waals surface area contributed by atoms with Gasteiger partial charge in [-0.25, -0.2) is 0 Å². The van der Waals surface area contributed by atoms with Crippen molar-refractivity contribution in [2.24, 2.45) is 0 Å². The normalized spacial score (nSPS) is 9.96. The first kappa shape index (κ1) is 18.8. The largest absolute Gasteiger partial charge is 0.355 e. The van der Waals surface area contributed by atoms with Crippen LogP contribution in [0.2, 0.25) is 10.0 Å². The zero-order valence-corrected chi connectivity index (χ0v) is 14.7. The second-order valence-electron chi connectivity index (χ2n) is 5.22. The van der Waals surface area contributed by atoms with Gasteiger partial charge in [-0.2, -0.15) is 5.26 Å². The van der Waals surface area contributed by atoms with Crippen LogP contribution in [-0.2, 0) is 16.0 Å². The van der Waals surface area contributed by atoms with Crippen molar-refractivity contribution in [3.63, 3.8) is 0 Å². The zero-order valence-electron chi connectivity index (χ0n) is 13.2. The number of anilines is 1. The number of amides is 2. The average molecular weight is 376 g/mol. The highest BCUT2D eigenvalue weighted by Crippen LogP contribution is 2.21. The fourth-order valence-corrected chi connectivity index (χ4v) is 2.66. The number of nitriles is 1. The van der Waals surface area contributed by atoms with Crippen molar-refractivity contribution in [3.05, 3.63) is 63.6 Å². The Bertz CT molecular complexity index is 831. The number of carbonyl (C=O) groups is 2. The molecule has 5 nitrogen and oxygen atoms in total. The van der Waals surface area contributed by atoms with Crippen LogP contribution in [0.4, 0.5) is 5.69 Å². The highest BCUT2D eigenvalue weighted by Gasteiger charge is 2.11. The molecular weight excluding hydrogens is 361 g/mol. The summed E-state index contributed by atoms with van der Waals surface area (Å²) >= 11 is 11.9. The van der Waals surface area contributed by atoms with Gasteiger partial charge in [-0.15, -0.1) is 0 Å². The summed E-state index contributed by atoms with van der Waals surface area (Å²) in [7, 11) is 0. The Kier molecular flexibility index (Phi) is 6.81. The summed E-state index contributed by atoms with van der Waals surface area (Å²) in [5.41, 5.74) is 1.59. The number of carbonyl (C=O) groups excluding carboxylic acids is 2. The van der Waals surface area contributed by atoms with E-state index in [9.17, 15) is 9.59 Å². The Morgan fingerprint density at radius 1 is 1.08 bits per heavy atom. The third kappa shape index (κ3) is 5.79. The van der Waals surface area contributed by atoms with E-state index in [-0.39, 0.29) is 6.42 Å². The van der Waals surface area contributed by atoms with E-state index in [0.29, 0.717) is 34.3 Å². The monoisotopic (exact) mass is 375 g/mol. The van der Waals surface area contributed by atoms with Crippen molar-refractivity contribution in [2.45, 2.75) is 12.8 Å². The van der Waals surface area contributed by atoms with E-state index >= 15 is 0 Å². The smallest absolute Gasteiger partial charge is 0.233 e. The second kappa shape index (κ2) is 9.07. The van der Waals surface area contributed by atoms with Gasteiger partial charge in [-0.1, -0.05) is 41.4 Å². The first-order valence-electron chi connectivity index (χ1n) is 7.49. The van der Waals surface area contributed by atoms with Gasteiger partial charge in [0, 0.05) is 16.6 Å². The number of halogens is 2. The quantitative estimate of drug-likeness (QED) is 0.757. The van der Waals surface area contributed by atoms with Gasteiger partial charge >= 0.3 is 0 Å². The predicted octanol–water partition coefficient (Wildman–Crippen LogP) is 3.55. The number of nitrogens with zero attached hydrogens (tertiary/aromatic N) is 1. The Hall–Kier alpha value is -2.55. The Morgan fingerprint density at radius 2 is 1.84 bits per heavy atom. The van der Waals surface area contributed by atoms with Crippen LogP contribution in [0.1, 0.15) is 17.5 Å². The fourth-order valence-electron chi connectivity index (χ4n) is 2.15. The molecule has 2 amide bonds. The van der Waals surface area contributed by atoms with Crippen LogP contribution in [-0.4, -0.2) is 18.4 Å². The van der Waals surface area contributed by atoms with Gasteiger partial charge in [0.1, 0.15) is 12.5 Å². The number of nitrogens with one attached hydrogen (secondary N) is 2. The van der Waals surface area contributed by atoms with Crippen molar-refractivity contribution in [1.82, 2.24) is 5.32 Å². The minimum atomic E-state index is -0.482. The predicted molar refractivity (Wildman–Crippen MR) is 97.6 cm³/mol. The lowest BCUT2D eigenvalue weighted by Gasteiger charge is -2.08. The highest BCUT2D eigenvalue weighted by molar-refractivity contribution is 6.35. The number of rotatable bonds is 6. The van der Waals surface area contributed by atoms with E-state index in [1.165, 1.54) is 0 Å². The summed E-state index contributed by atoms with van der Waals surface area (Å²) in [5.74, 6) is -0.887. The molecule has 0 unspecified atom stereocenters. The minimum absolute atomic E-state index is 0.325. The summed E-state index contributed by atoms with van der Waals surface area (Å²) in [4.78, 5) is 23.7. The van der Waals surface area contributed by atoms with E-state index in [0.717, 1.165) is 5.56 Å². The lowest BCUT2D eigenvalue weighted by Crippen LogP contribution is -2.29. The highest BCUT2D eigenvalue weighted by atomic mass is 35.5. The van der Waals surface area contributed by atoms with Gasteiger partial charge in [0.05, 0.1) is 11.3 Å². The molecule has 0 bridgehead atoms. The van der Waals surface area contributed by atoms with E-state index in [4.69, 9.17) is 28.5 Å². The lowest BCUT2D eigenvalue weighted by molar-refractivity contribution is -0.126. The number of benzene rings is 2. The molecule has 0 aliphatic carbocycles. The van der Waals surface area contributed by atoms with Gasteiger partial charge in [0.2, 0.25) is 11.8 Å². The molecule has 0 aromatic heterocycles. The molecule has 0 fully saturated rings. The third-order valence-electron chi connectivity index (χ3n) is 3.37. The molecule has 7 heteroatoms. The SMILES string of the molecule is N#Cc1ccccc1NC(=O)CC(=O)NCCc1ccc(Cl)cc1Cl. The number of para-hydroxylation sites is 1. The maximum absolute atomic E-state index is 11.9. The fraction of sp³-hybridized carbons (Fsp3) is 0.167. The molecule has 0 spiro atoms. The second-order valence-corrected chi connectivity index (χ2v) is 6.06. The zero-order chi connectivity index (χ0) is 18.2.